The Morgan fingerprint density at radius 1 is 1.15 bits per heavy atom. The van der Waals surface area contributed by atoms with Crippen molar-refractivity contribution in [2.75, 3.05) is 5.32 Å². The number of carbonyl (C=O) groups is 1. The summed E-state index contributed by atoms with van der Waals surface area (Å²) in [5.74, 6) is 0.382. The highest BCUT2D eigenvalue weighted by molar-refractivity contribution is 6.35. The lowest BCUT2D eigenvalue weighted by Gasteiger charge is -2.09. The van der Waals surface area contributed by atoms with Crippen molar-refractivity contribution in [1.82, 2.24) is 9.78 Å². The zero-order valence-electron chi connectivity index (χ0n) is 15.2. The van der Waals surface area contributed by atoms with Crippen molar-refractivity contribution in [3.63, 3.8) is 0 Å². The first kappa shape index (κ1) is 19.3. The largest absolute Gasteiger partial charge is 0.487 e. The fraction of sp³-hybridized carbons (Fsp3) is 0.200. The van der Waals surface area contributed by atoms with Gasteiger partial charge in [-0.15, -0.1) is 0 Å². The average molecular weight is 404 g/mol. The van der Waals surface area contributed by atoms with E-state index in [-0.39, 0.29) is 5.91 Å². The van der Waals surface area contributed by atoms with E-state index in [1.807, 2.05) is 33.0 Å². The molecule has 0 fully saturated rings. The second kappa shape index (κ2) is 8.03. The van der Waals surface area contributed by atoms with Gasteiger partial charge in [-0.1, -0.05) is 35.3 Å². The van der Waals surface area contributed by atoms with E-state index in [1.54, 1.807) is 35.0 Å². The minimum Gasteiger partial charge on any atom is -0.487 e. The van der Waals surface area contributed by atoms with E-state index in [0.717, 1.165) is 22.6 Å². The highest BCUT2D eigenvalue weighted by atomic mass is 35.5. The number of nitrogens with one attached hydrogen (secondary N) is 1. The summed E-state index contributed by atoms with van der Waals surface area (Å²) in [5.41, 5.74) is 3.92. The van der Waals surface area contributed by atoms with Crippen LogP contribution in [0.1, 0.15) is 27.3 Å². The molecule has 27 heavy (non-hydrogen) atoms. The molecule has 1 aromatic heterocycles. The van der Waals surface area contributed by atoms with Crippen LogP contribution in [0, 0.1) is 13.8 Å². The van der Waals surface area contributed by atoms with Gasteiger partial charge in [-0.2, -0.15) is 5.10 Å². The number of hydrogen-bond acceptors (Lipinski definition) is 3. The number of aryl methyl sites for hydroxylation is 2. The first-order valence-corrected chi connectivity index (χ1v) is 9.09. The zero-order chi connectivity index (χ0) is 19.6. The summed E-state index contributed by atoms with van der Waals surface area (Å²) in [6.07, 6.45) is 0. The summed E-state index contributed by atoms with van der Waals surface area (Å²) in [6, 6.07) is 12.3. The number of amides is 1. The predicted octanol–water partition coefficient (Wildman–Crippen LogP) is 5.18. The lowest BCUT2D eigenvalue weighted by Crippen LogP contribution is -2.13. The molecule has 0 unspecified atom stereocenters. The van der Waals surface area contributed by atoms with Gasteiger partial charge in [0.15, 0.2) is 0 Å². The fourth-order valence-corrected chi connectivity index (χ4v) is 3.11. The predicted molar refractivity (Wildman–Crippen MR) is 108 cm³/mol. The molecule has 1 heterocycles. The molecule has 2 aromatic carbocycles. The van der Waals surface area contributed by atoms with E-state index < -0.39 is 0 Å². The van der Waals surface area contributed by atoms with E-state index in [1.165, 1.54) is 0 Å². The van der Waals surface area contributed by atoms with E-state index in [9.17, 15) is 4.79 Å². The van der Waals surface area contributed by atoms with Crippen molar-refractivity contribution in [2.24, 2.45) is 7.05 Å². The lowest BCUT2D eigenvalue weighted by molar-refractivity contribution is 0.102. The number of hydrogen-bond donors (Lipinski definition) is 1. The molecule has 3 rings (SSSR count). The summed E-state index contributed by atoms with van der Waals surface area (Å²) in [7, 11) is 1.85. The molecule has 0 radical (unpaired) electrons. The first-order valence-electron chi connectivity index (χ1n) is 8.33. The van der Waals surface area contributed by atoms with Crippen LogP contribution < -0.4 is 10.1 Å². The lowest BCUT2D eigenvalue weighted by atomic mass is 10.1. The average Bonchev–Trinajstić information content (AvgIpc) is 2.87. The monoisotopic (exact) mass is 403 g/mol. The van der Waals surface area contributed by atoms with Crippen LogP contribution in [-0.4, -0.2) is 15.7 Å². The molecular formula is C20H19Cl2N3O2. The Kier molecular flexibility index (Phi) is 5.73. The molecule has 0 spiro atoms. The van der Waals surface area contributed by atoms with Gasteiger partial charge in [0.1, 0.15) is 12.4 Å². The van der Waals surface area contributed by atoms with Gasteiger partial charge in [-0.05, 0) is 49.7 Å². The number of carbonyl (C=O) groups excluding carboxylic acids is 1. The number of benzene rings is 2. The van der Waals surface area contributed by atoms with Crippen LogP contribution >= 0.6 is 23.2 Å². The van der Waals surface area contributed by atoms with E-state index >= 15 is 0 Å². The Labute approximate surface area is 167 Å². The molecule has 0 atom stereocenters. The van der Waals surface area contributed by atoms with Crippen molar-refractivity contribution in [2.45, 2.75) is 20.5 Å². The zero-order valence-corrected chi connectivity index (χ0v) is 16.7. The summed E-state index contributed by atoms with van der Waals surface area (Å²) in [6.45, 7) is 4.12. The number of nitrogens with zero attached hydrogens (tertiary/aromatic N) is 2. The molecule has 1 N–H and O–H groups in total. The Bertz CT molecular complexity index is 982. The third kappa shape index (κ3) is 4.43. The van der Waals surface area contributed by atoms with Gasteiger partial charge in [-0.3, -0.25) is 9.48 Å². The van der Waals surface area contributed by atoms with Crippen molar-refractivity contribution < 1.29 is 9.53 Å². The maximum absolute atomic E-state index is 12.5. The second-order valence-corrected chi connectivity index (χ2v) is 7.03. The normalized spacial score (nSPS) is 10.7. The SMILES string of the molecule is Cc1nn(C)c(C)c1NC(=O)c1ccc(COc2ccc(Cl)cc2Cl)cc1. The van der Waals surface area contributed by atoms with Crippen molar-refractivity contribution >= 4 is 34.8 Å². The smallest absolute Gasteiger partial charge is 0.255 e. The number of rotatable bonds is 5. The van der Waals surface area contributed by atoms with Gasteiger partial charge < -0.3 is 10.1 Å². The third-order valence-electron chi connectivity index (χ3n) is 4.25. The number of ether oxygens (including phenoxy) is 1. The topological polar surface area (TPSA) is 56.2 Å². The van der Waals surface area contributed by atoms with E-state index in [0.29, 0.717) is 28.0 Å². The Morgan fingerprint density at radius 2 is 1.85 bits per heavy atom. The van der Waals surface area contributed by atoms with Gasteiger partial charge in [0.25, 0.3) is 5.91 Å². The Hall–Kier alpha value is -2.50. The number of anilines is 1. The summed E-state index contributed by atoms with van der Waals surface area (Å²) in [4.78, 5) is 12.5. The molecule has 140 valence electrons. The van der Waals surface area contributed by atoms with Crippen LogP contribution in [0.2, 0.25) is 10.0 Å². The maximum atomic E-state index is 12.5. The summed E-state index contributed by atoms with van der Waals surface area (Å²) in [5, 5.41) is 8.24. The fourth-order valence-electron chi connectivity index (χ4n) is 2.65. The van der Waals surface area contributed by atoms with Crippen LogP contribution in [0.5, 0.6) is 5.75 Å². The number of halogens is 2. The molecule has 0 aliphatic carbocycles. The molecule has 5 nitrogen and oxygen atoms in total. The van der Waals surface area contributed by atoms with Crippen LogP contribution in [0.3, 0.4) is 0 Å². The van der Waals surface area contributed by atoms with Gasteiger partial charge in [0, 0.05) is 17.6 Å². The molecule has 3 aromatic rings. The minimum atomic E-state index is -0.178. The third-order valence-corrected chi connectivity index (χ3v) is 4.78. The molecule has 0 aliphatic heterocycles. The van der Waals surface area contributed by atoms with Crippen molar-refractivity contribution in [3.8, 4) is 5.75 Å². The van der Waals surface area contributed by atoms with Crippen LogP contribution in [0.25, 0.3) is 0 Å². The molecule has 0 bridgehead atoms. The Balaban J connectivity index is 1.65. The maximum Gasteiger partial charge on any atom is 0.255 e. The number of aromatic nitrogens is 2. The molecule has 1 amide bonds. The van der Waals surface area contributed by atoms with Crippen molar-refractivity contribution in [3.05, 3.63) is 75.0 Å². The van der Waals surface area contributed by atoms with E-state index in [4.69, 9.17) is 27.9 Å². The molecule has 0 saturated carbocycles. The van der Waals surface area contributed by atoms with Gasteiger partial charge >= 0.3 is 0 Å². The summed E-state index contributed by atoms with van der Waals surface area (Å²) < 4.78 is 7.45. The van der Waals surface area contributed by atoms with Gasteiger partial charge in [-0.25, -0.2) is 0 Å². The highest BCUT2D eigenvalue weighted by Gasteiger charge is 2.14. The highest BCUT2D eigenvalue weighted by Crippen LogP contribution is 2.28. The standard InChI is InChI=1S/C20H19Cl2N3O2/c1-12-19(13(2)25(3)24-12)23-20(26)15-6-4-14(5-7-15)11-27-18-9-8-16(21)10-17(18)22/h4-10H,11H2,1-3H3,(H,23,26). The molecule has 0 aliphatic rings. The van der Waals surface area contributed by atoms with Gasteiger partial charge in [0.05, 0.1) is 22.1 Å². The Morgan fingerprint density at radius 3 is 2.44 bits per heavy atom. The molecule has 0 saturated heterocycles. The van der Waals surface area contributed by atoms with E-state index in [2.05, 4.69) is 10.4 Å². The minimum absolute atomic E-state index is 0.178. The van der Waals surface area contributed by atoms with Crippen LogP contribution in [-0.2, 0) is 13.7 Å². The quantitative estimate of drug-likeness (QED) is 0.638. The van der Waals surface area contributed by atoms with Gasteiger partial charge in [0.2, 0.25) is 0 Å². The summed E-state index contributed by atoms with van der Waals surface area (Å²) >= 11 is 12.0. The van der Waals surface area contributed by atoms with Crippen molar-refractivity contribution in [1.29, 1.82) is 0 Å². The first-order chi connectivity index (χ1) is 12.8. The van der Waals surface area contributed by atoms with Crippen LogP contribution in [0.4, 0.5) is 5.69 Å². The van der Waals surface area contributed by atoms with Crippen LogP contribution in [0.15, 0.2) is 42.5 Å². The molecular weight excluding hydrogens is 385 g/mol. The second-order valence-electron chi connectivity index (χ2n) is 6.18. The molecule has 7 heteroatoms.